The number of hydrogen-bond donors (Lipinski definition) is 0. The topological polar surface area (TPSA) is 38.7 Å². The molecule has 1 aromatic carbocycles. The van der Waals surface area contributed by atoms with Crippen molar-refractivity contribution in [3.8, 4) is 11.4 Å². The highest BCUT2D eigenvalue weighted by molar-refractivity contribution is 14.1. The van der Waals surface area contributed by atoms with Crippen molar-refractivity contribution in [1.29, 1.82) is 0 Å². The Labute approximate surface area is 180 Å². The Kier molecular flexibility index (Phi) is 7.16. The number of hydrogen-bond acceptors (Lipinski definition) is 3. The molecule has 6 heteroatoms. The summed E-state index contributed by atoms with van der Waals surface area (Å²) in [6, 6.07) is 9.99. The molecular weight excluding hydrogens is 525 g/mol. The molecule has 132 valence electrons. The van der Waals surface area contributed by atoms with Crippen molar-refractivity contribution in [2.75, 3.05) is 5.88 Å². The fraction of sp³-hybridized carbons (Fsp3) is 0.150. The second-order valence-electron chi connectivity index (χ2n) is 5.60. The van der Waals surface area contributed by atoms with Crippen LogP contribution in [0.2, 0.25) is 0 Å². The molecule has 0 saturated heterocycles. The molecule has 2 aromatic rings. The van der Waals surface area contributed by atoms with Gasteiger partial charge < -0.3 is 0 Å². The Morgan fingerprint density at radius 1 is 1.19 bits per heavy atom. The summed E-state index contributed by atoms with van der Waals surface area (Å²) in [5, 5.41) is 0. The van der Waals surface area contributed by atoms with Crippen LogP contribution in [0.3, 0.4) is 0 Å². The van der Waals surface area contributed by atoms with Crippen LogP contribution in [0, 0.1) is 0 Å². The highest BCUT2D eigenvalue weighted by atomic mass is 127. The molecule has 3 nitrogen and oxygen atoms in total. The first-order valence-corrected chi connectivity index (χ1v) is 10.5. The van der Waals surface area contributed by atoms with Crippen molar-refractivity contribution in [2.24, 2.45) is 0 Å². The number of nitrogens with zero attached hydrogens (tertiary/aromatic N) is 3. The van der Waals surface area contributed by atoms with Crippen molar-refractivity contribution in [2.45, 2.75) is 12.3 Å². The van der Waals surface area contributed by atoms with Gasteiger partial charge in [0.15, 0.2) is 11.6 Å². The first-order chi connectivity index (χ1) is 12.7. The molecule has 0 bridgehead atoms. The molecule has 0 fully saturated rings. The molecule has 1 aliphatic rings. The highest BCUT2D eigenvalue weighted by Gasteiger charge is 2.17. The molecule has 0 spiro atoms. The molecule has 1 heterocycles. The van der Waals surface area contributed by atoms with Crippen LogP contribution in [0.1, 0.15) is 24.0 Å². The van der Waals surface area contributed by atoms with Crippen molar-refractivity contribution in [3.63, 3.8) is 0 Å². The molecule has 1 atom stereocenters. The third kappa shape index (κ3) is 5.11. The van der Waals surface area contributed by atoms with Gasteiger partial charge >= 0.3 is 0 Å². The SMILES string of the molecule is ClC/C=C(Br)\C=C(/I)c1nc(-c2ccccc2)nc(C2C=CC=CC2)n1. The van der Waals surface area contributed by atoms with Gasteiger partial charge in [-0.1, -0.05) is 76.6 Å². The van der Waals surface area contributed by atoms with E-state index in [0.717, 1.165) is 25.9 Å². The molecule has 1 aromatic heterocycles. The van der Waals surface area contributed by atoms with Crippen LogP contribution in [-0.2, 0) is 0 Å². The molecule has 1 unspecified atom stereocenters. The monoisotopic (exact) mass is 539 g/mol. The average Bonchev–Trinajstić information content (AvgIpc) is 2.69. The van der Waals surface area contributed by atoms with Crippen LogP contribution in [0.25, 0.3) is 15.0 Å². The maximum atomic E-state index is 5.76. The van der Waals surface area contributed by atoms with Crippen molar-refractivity contribution in [3.05, 3.63) is 82.9 Å². The van der Waals surface area contributed by atoms with E-state index in [1.54, 1.807) is 0 Å². The Morgan fingerprint density at radius 2 is 2.00 bits per heavy atom. The van der Waals surface area contributed by atoms with E-state index in [9.17, 15) is 0 Å². The summed E-state index contributed by atoms with van der Waals surface area (Å²) < 4.78 is 1.83. The standard InChI is InChI=1S/C20H16BrClIN3/c21-16(11-12-22)13-17(23)20-25-18(14-7-3-1-4-8-14)24-19(26-20)15-9-5-2-6-10-15/h1-9,11,13,15H,10,12H2/b16-11+,17-13-. The summed E-state index contributed by atoms with van der Waals surface area (Å²) >= 11 is 11.5. The van der Waals surface area contributed by atoms with Crippen LogP contribution in [0.15, 0.2) is 71.3 Å². The summed E-state index contributed by atoms with van der Waals surface area (Å²) in [6.07, 6.45) is 13.1. The Balaban J connectivity index is 2.07. The van der Waals surface area contributed by atoms with Gasteiger partial charge in [0.1, 0.15) is 5.82 Å². The maximum absolute atomic E-state index is 5.76. The van der Waals surface area contributed by atoms with Gasteiger partial charge in [-0.3, -0.25) is 0 Å². The van der Waals surface area contributed by atoms with Crippen LogP contribution >= 0.6 is 50.1 Å². The van der Waals surface area contributed by atoms with Gasteiger partial charge in [0.25, 0.3) is 0 Å². The predicted molar refractivity (Wildman–Crippen MR) is 121 cm³/mol. The van der Waals surface area contributed by atoms with Crippen molar-refractivity contribution < 1.29 is 0 Å². The second kappa shape index (κ2) is 9.58. The Bertz CT molecular complexity index is 891. The van der Waals surface area contributed by atoms with Crippen LogP contribution in [0.4, 0.5) is 0 Å². The molecular formula is C20H16BrClIN3. The summed E-state index contributed by atoms with van der Waals surface area (Å²) in [7, 11) is 0. The van der Waals surface area contributed by atoms with Gasteiger partial charge in [-0.15, -0.1) is 11.6 Å². The van der Waals surface area contributed by atoms with E-state index < -0.39 is 0 Å². The Morgan fingerprint density at radius 3 is 2.69 bits per heavy atom. The number of halogens is 3. The number of benzene rings is 1. The normalized spacial score (nSPS) is 17.6. The maximum Gasteiger partial charge on any atom is 0.169 e. The quantitative estimate of drug-likeness (QED) is 0.249. The lowest BCUT2D eigenvalue weighted by molar-refractivity contribution is 0.758. The molecule has 1 aliphatic carbocycles. The van der Waals surface area contributed by atoms with E-state index in [1.807, 2.05) is 48.6 Å². The van der Waals surface area contributed by atoms with Gasteiger partial charge in [-0.05, 0) is 35.1 Å². The molecule has 0 radical (unpaired) electrons. The van der Waals surface area contributed by atoms with Gasteiger partial charge in [-0.25, -0.2) is 15.0 Å². The Hall–Kier alpha value is -1.31. The van der Waals surface area contributed by atoms with Gasteiger partial charge in [0, 0.05) is 21.8 Å². The zero-order chi connectivity index (χ0) is 18.4. The highest BCUT2D eigenvalue weighted by Crippen LogP contribution is 2.28. The van der Waals surface area contributed by atoms with E-state index in [0.29, 0.717) is 17.5 Å². The minimum absolute atomic E-state index is 0.162. The second-order valence-corrected chi connectivity index (χ2v) is 7.98. The number of allylic oxidation sites excluding steroid dienone is 7. The predicted octanol–water partition coefficient (Wildman–Crippen LogP) is 6.43. The number of rotatable bonds is 5. The number of aromatic nitrogens is 3. The average molecular weight is 541 g/mol. The van der Waals surface area contributed by atoms with Gasteiger partial charge in [0.05, 0.1) is 3.58 Å². The molecule has 3 rings (SSSR count). The zero-order valence-corrected chi connectivity index (χ0v) is 18.3. The van der Waals surface area contributed by atoms with Crippen molar-refractivity contribution in [1.82, 2.24) is 15.0 Å². The fourth-order valence-corrected chi connectivity index (χ4v) is 4.22. The van der Waals surface area contributed by atoms with E-state index in [2.05, 4.69) is 56.7 Å². The fourth-order valence-electron chi connectivity index (χ4n) is 2.47. The summed E-state index contributed by atoms with van der Waals surface area (Å²) in [5.74, 6) is 2.74. The van der Waals surface area contributed by atoms with E-state index >= 15 is 0 Å². The van der Waals surface area contributed by atoms with E-state index in [1.165, 1.54) is 0 Å². The first-order valence-electron chi connectivity index (χ1n) is 8.11. The minimum Gasteiger partial charge on any atom is -0.212 e. The largest absolute Gasteiger partial charge is 0.212 e. The van der Waals surface area contributed by atoms with Crippen molar-refractivity contribution >= 4 is 53.7 Å². The minimum atomic E-state index is 0.162. The zero-order valence-electron chi connectivity index (χ0n) is 13.8. The first kappa shape index (κ1) is 19.5. The molecule has 0 amide bonds. The lowest BCUT2D eigenvalue weighted by Crippen LogP contribution is -2.08. The van der Waals surface area contributed by atoms with Crippen LogP contribution in [0.5, 0.6) is 0 Å². The third-order valence-corrected chi connectivity index (χ3v) is 5.25. The van der Waals surface area contributed by atoms with E-state index in [-0.39, 0.29) is 5.92 Å². The lowest BCUT2D eigenvalue weighted by atomic mass is 10.00. The van der Waals surface area contributed by atoms with E-state index in [4.69, 9.17) is 26.6 Å². The summed E-state index contributed by atoms with van der Waals surface area (Å²) in [6.45, 7) is 0. The molecule has 0 saturated carbocycles. The summed E-state index contributed by atoms with van der Waals surface area (Å²) in [4.78, 5) is 14.2. The molecule has 0 N–H and O–H groups in total. The van der Waals surface area contributed by atoms with Crippen LogP contribution < -0.4 is 0 Å². The molecule has 0 aliphatic heterocycles. The number of alkyl halides is 1. The third-order valence-electron chi connectivity index (χ3n) is 3.75. The molecule has 26 heavy (non-hydrogen) atoms. The van der Waals surface area contributed by atoms with Gasteiger partial charge in [0.2, 0.25) is 0 Å². The summed E-state index contributed by atoms with van der Waals surface area (Å²) in [5.41, 5.74) is 0.979. The van der Waals surface area contributed by atoms with Gasteiger partial charge in [-0.2, -0.15) is 0 Å². The van der Waals surface area contributed by atoms with Crippen LogP contribution in [-0.4, -0.2) is 20.8 Å². The smallest absolute Gasteiger partial charge is 0.169 e. The lowest BCUT2D eigenvalue weighted by Gasteiger charge is -2.14.